The number of halogens is 1. The van der Waals surface area contributed by atoms with Gasteiger partial charge in [0.2, 0.25) is 0 Å². The molecule has 33 heavy (non-hydrogen) atoms. The maximum Gasteiger partial charge on any atom is 0.260 e. The average Bonchev–Trinajstić information content (AvgIpc) is 3.32. The van der Waals surface area contributed by atoms with Crippen LogP contribution in [0, 0.1) is 13.8 Å². The molecule has 0 amide bonds. The lowest BCUT2D eigenvalue weighted by Crippen LogP contribution is -2.11. The number of hydrogen-bond acceptors (Lipinski definition) is 6. The molecule has 5 rings (SSSR count). The predicted octanol–water partition coefficient (Wildman–Crippen LogP) is 6.01. The van der Waals surface area contributed by atoms with E-state index in [-0.39, 0.29) is 5.56 Å². The molecule has 5 aromatic rings. The standard InChI is InChI=1S/C24H20ClN5OS2/c1-13-8-10-15(11-9-13)19-14(2)33-23-20(19)22(31)26-18(27-23)12-32-24-29-28-21(30(24)3)16-6-4-5-7-17(16)25/h4-11H,12H2,1-3H3,(H,26,27,31). The monoisotopic (exact) mass is 493 g/mol. The summed E-state index contributed by atoms with van der Waals surface area (Å²) in [6, 6.07) is 15.8. The van der Waals surface area contributed by atoms with E-state index in [1.807, 2.05) is 42.8 Å². The Morgan fingerprint density at radius 3 is 2.61 bits per heavy atom. The van der Waals surface area contributed by atoms with Crippen molar-refractivity contribution >= 4 is 44.9 Å². The Balaban J connectivity index is 1.44. The SMILES string of the molecule is Cc1ccc(-c2c(C)sc3nc(CSc4nnc(-c5ccccc5Cl)n4C)[nH]c(=O)c23)cc1. The summed E-state index contributed by atoms with van der Waals surface area (Å²) in [4.78, 5) is 22.6. The van der Waals surface area contributed by atoms with Gasteiger partial charge in [0.25, 0.3) is 5.56 Å². The zero-order valence-electron chi connectivity index (χ0n) is 18.2. The van der Waals surface area contributed by atoms with E-state index in [1.54, 1.807) is 11.3 Å². The highest BCUT2D eigenvalue weighted by atomic mass is 35.5. The number of nitrogens with one attached hydrogen (secondary N) is 1. The quantitative estimate of drug-likeness (QED) is 0.303. The van der Waals surface area contributed by atoms with E-state index in [0.29, 0.717) is 27.8 Å². The van der Waals surface area contributed by atoms with Crippen LogP contribution in [-0.2, 0) is 12.8 Å². The molecule has 2 aromatic carbocycles. The van der Waals surface area contributed by atoms with Gasteiger partial charge in [-0.25, -0.2) is 4.98 Å². The normalized spacial score (nSPS) is 11.4. The summed E-state index contributed by atoms with van der Waals surface area (Å²) in [5, 5.41) is 10.6. The summed E-state index contributed by atoms with van der Waals surface area (Å²) in [6.45, 7) is 4.08. The summed E-state index contributed by atoms with van der Waals surface area (Å²) in [6.07, 6.45) is 0. The van der Waals surface area contributed by atoms with Gasteiger partial charge < -0.3 is 9.55 Å². The number of aromatic nitrogens is 5. The molecule has 0 spiro atoms. The second-order valence-electron chi connectivity index (χ2n) is 7.73. The maximum atomic E-state index is 13.0. The molecule has 0 bridgehead atoms. The minimum absolute atomic E-state index is 0.120. The molecule has 0 radical (unpaired) electrons. The van der Waals surface area contributed by atoms with Crippen LogP contribution in [0.4, 0.5) is 0 Å². The molecule has 0 aliphatic carbocycles. The fourth-order valence-electron chi connectivity index (χ4n) is 3.75. The molecule has 0 aliphatic rings. The van der Waals surface area contributed by atoms with Crippen LogP contribution in [-0.4, -0.2) is 24.7 Å². The summed E-state index contributed by atoms with van der Waals surface area (Å²) in [5.74, 6) is 1.77. The van der Waals surface area contributed by atoms with Gasteiger partial charge in [-0.1, -0.05) is 65.3 Å². The Bertz CT molecular complexity index is 1540. The summed E-state index contributed by atoms with van der Waals surface area (Å²) in [5.41, 5.74) is 3.88. The number of fused-ring (bicyclic) bond motifs is 1. The van der Waals surface area contributed by atoms with Crippen LogP contribution < -0.4 is 5.56 Å². The van der Waals surface area contributed by atoms with Crippen molar-refractivity contribution in [2.45, 2.75) is 24.8 Å². The molecule has 0 saturated carbocycles. The summed E-state index contributed by atoms with van der Waals surface area (Å²) >= 11 is 9.33. The Labute approximate surface area is 203 Å². The molecule has 0 fully saturated rings. The molecule has 3 heterocycles. The van der Waals surface area contributed by atoms with Crippen molar-refractivity contribution in [1.82, 2.24) is 24.7 Å². The topological polar surface area (TPSA) is 76.5 Å². The van der Waals surface area contributed by atoms with Gasteiger partial charge in [-0.05, 0) is 31.5 Å². The molecule has 9 heteroatoms. The fourth-order valence-corrected chi connectivity index (χ4v) is 5.82. The zero-order valence-corrected chi connectivity index (χ0v) is 20.6. The molecule has 0 atom stereocenters. The van der Waals surface area contributed by atoms with Crippen LogP contribution in [0.3, 0.4) is 0 Å². The first-order valence-corrected chi connectivity index (χ1v) is 12.5. The van der Waals surface area contributed by atoms with Crippen molar-refractivity contribution in [2.75, 3.05) is 0 Å². The third-order valence-electron chi connectivity index (χ3n) is 5.41. The maximum absolute atomic E-state index is 13.0. The smallest absolute Gasteiger partial charge is 0.260 e. The van der Waals surface area contributed by atoms with Crippen LogP contribution in [0.5, 0.6) is 0 Å². The van der Waals surface area contributed by atoms with E-state index >= 15 is 0 Å². The van der Waals surface area contributed by atoms with Gasteiger partial charge in [-0.3, -0.25) is 4.79 Å². The van der Waals surface area contributed by atoms with Crippen LogP contribution in [0.1, 0.15) is 16.3 Å². The van der Waals surface area contributed by atoms with Gasteiger partial charge in [-0.2, -0.15) is 0 Å². The molecule has 0 saturated heterocycles. The molecule has 0 aliphatic heterocycles. The van der Waals surface area contributed by atoms with Crippen molar-refractivity contribution in [1.29, 1.82) is 0 Å². The number of aromatic amines is 1. The molecule has 3 aromatic heterocycles. The number of thiophene rings is 1. The largest absolute Gasteiger partial charge is 0.309 e. The lowest BCUT2D eigenvalue weighted by atomic mass is 10.0. The van der Waals surface area contributed by atoms with Crippen molar-refractivity contribution in [3.63, 3.8) is 0 Å². The average molecular weight is 494 g/mol. The highest BCUT2D eigenvalue weighted by molar-refractivity contribution is 7.98. The highest BCUT2D eigenvalue weighted by Gasteiger charge is 2.18. The Kier molecular flexibility index (Phi) is 5.82. The van der Waals surface area contributed by atoms with Gasteiger partial charge in [0.1, 0.15) is 10.7 Å². The summed E-state index contributed by atoms with van der Waals surface area (Å²) < 4.78 is 1.90. The highest BCUT2D eigenvalue weighted by Crippen LogP contribution is 2.36. The third-order valence-corrected chi connectivity index (χ3v) is 7.78. The van der Waals surface area contributed by atoms with E-state index in [2.05, 4.69) is 46.4 Å². The molecule has 6 nitrogen and oxygen atoms in total. The minimum Gasteiger partial charge on any atom is -0.309 e. The van der Waals surface area contributed by atoms with Crippen LogP contribution >= 0.6 is 34.7 Å². The van der Waals surface area contributed by atoms with Crippen molar-refractivity contribution < 1.29 is 0 Å². The Hall–Kier alpha value is -2.94. The predicted molar refractivity (Wildman–Crippen MR) is 136 cm³/mol. The van der Waals surface area contributed by atoms with Gasteiger partial charge in [0, 0.05) is 23.1 Å². The van der Waals surface area contributed by atoms with Crippen molar-refractivity contribution in [2.24, 2.45) is 7.05 Å². The number of benzene rings is 2. The molecule has 166 valence electrons. The van der Waals surface area contributed by atoms with E-state index in [1.165, 1.54) is 17.3 Å². The number of hydrogen-bond donors (Lipinski definition) is 1. The van der Waals surface area contributed by atoms with Gasteiger partial charge >= 0.3 is 0 Å². The first kappa shape index (κ1) is 21.9. The molecule has 0 unspecified atom stereocenters. The first-order chi connectivity index (χ1) is 15.9. The van der Waals surface area contributed by atoms with Crippen LogP contribution in [0.2, 0.25) is 5.02 Å². The third kappa shape index (κ3) is 4.10. The number of H-pyrrole nitrogens is 1. The Morgan fingerprint density at radius 2 is 1.85 bits per heavy atom. The Morgan fingerprint density at radius 1 is 1.09 bits per heavy atom. The van der Waals surface area contributed by atoms with Crippen LogP contribution in [0.15, 0.2) is 58.5 Å². The van der Waals surface area contributed by atoms with Gasteiger partial charge in [-0.15, -0.1) is 21.5 Å². The van der Waals surface area contributed by atoms with E-state index in [4.69, 9.17) is 16.6 Å². The zero-order chi connectivity index (χ0) is 23.1. The summed E-state index contributed by atoms with van der Waals surface area (Å²) in [7, 11) is 1.90. The molecule has 1 N–H and O–H groups in total. The van der Waals surface area contributed by atoms with Crippen molar-refractivity contribution in [3.8, 4) is 22.5 Å². The molecular weight excluding hydrogens is 474 g/mol. The first-order valence-electron chi connectivity index (χ1n) is 10.3. The van der Waals surface area contributed by atoms with Crippen molar-refractivity contribution in [3.05, 3.63) is 80.2 Å². The fraction of sp³-hybridized carbons (Fsp3) is 0.167. The number of thioether (sulfide) groups is 1. The van der Waals surface area contributed by atoms with Crippen LogP contribution in [0.25, 0.3) is 32.7 Å². The lowest BCUT2D eigenvalue weighted by Gasteiger charge is -2.06. The van der Waals surface area contributed by atoms with E-state index < -0.39 is 0 Å². The minimum atomic E-state index is -0.120. The second-order valence-corrected chi connectivity index (χ2v) is 10.3. The second kappa shape index (κ2) is 8.78. The lowest BCUT2D eigenvalue weighted by molar-refractivity contribution is 0.793. The number of nitrogens with zero attached hydrogens (tertiary/aromatic N) is 4. The van der Waals surface area contributed by atoms with E-state index in [0.717, 1.165) is 31.6 Å². The van der Waals surface area contributed by atoms with Gasteiger partial charge in [0.15, 0.2) is 11.0 Å². The molecular formula is C24H20ClN5OS2. The number of rotatable bonds is 5. The number of aryl methyl sites for hydroxylation is 2. The van der Waals surface area contributed by atoms with Gasteiger partial charge in [0.05, 0.1) is 16.2 Å². The van der Waals surface area contributed by atoms with E-state index in [9.17, 15) is 4.79 Å².